The van der Waals surface area contributed by atoms with E-state index in [2.05, 4.69) is 10.1 Å². The Labute approximate surface area is 204 Å². The first-order valence-corrected chi connectivity index (χ1v) is 10.4. The monoisotopic (exact) mass is 514 g/mol. The SMILES string of the molecule is Cc1c(-c2c(C(N)=O)nc3ccccc3c2C(N)=O)c(C(F)(F)F)nn1Cc1c(F)cc(C#N)cc1F. The van der Waals surface area contributed by atoms with E-state index in [1.54, 1.807) is 6.07 Å². The van der Waals surface area contributed by atoms with Crippen molar-refractivity contribution in [2.45, 2.75) is 19.6 Å². The van der Waals surface area contributed by atoms with E-state index in [1.165, 1.54) is 24.3 Å². The molecule has 8 nitrogen and oxygen atoms in total. The lowest BCUT2D eigenvalue weighted by molar-refractivity contribution is -0.141. The van der Waals surface area contributed by atoms with Gasteiger partial charge in [0.2, 0.25) is 5.91 Å². The number of pyridine rings is 1. The van der Waals surface area contributed by atoms with Crippen LogP contribution in [0.1, 0.15) is 43.4 Å². The number of nitrogens with two attached hydrogens (primary N) is 2. The average Bonchev–Trinajstić information content (AvgIpc) is 3.15. The van der Waals surface area contributed by atoms with Crippen LogP contribution in [0.3, 0.4) is 0 Å². The molecule has 13 heteroatoms. The molecule has 0 atom stereocenters. The molecule has 0 radical (unpaired) electrons. The number of hydrogen-bond donors (Lipinski definition) is 2. The van der Waals surface area contributed by atoms with Gasteiger partial charge in [-0.1, -0.05) is 18.2 Å². The number of aromatic nitrogens is 3. The van der Waals surface area contributed by atoms with Crippen molar-refractivity contribution < 1.29 is 31.5 Å². The van der Waals surface area contributed by atoms with E-state index in [1.807, 2.05) is 0 Å². The predicted octanol–water partition coefficient (Wildman–Crippen LogP) is 3.82. The van der Waals surface area contributed by atoms with Crippen LogP contribution < -0.4 is 11.5 Å². The third kappa shape index (κ3) is 4.33. The molecule has 0 aliphatic heterocycles. The topological polar surface area (TPSA) is 141 Å². The summed E-state index contributed by atoms with van der Waals surface area (Å²) in [6, 6.07) is 8.83. The van der Waals surface area contributed by atoms with Crippen LogP contribution in [0.15, 0.2) is 36.4 Å². The minimum Gasteiger partial charge on any atom is -0.366 e. The van der Waals surface area contributed by atoms with Crippen molar-refractivity contribution in [2.75, 3.05) is 0 Å². The minimum absolute atomic E-state index is 0.0551. The lowest BCUT2D eigenvalue weighted by atomic mass is 9.92. The van der Waals surface area contributed by atoms with Gasteiger partial charge in [0.25, 0.3) is 5.91 Å². The molecule has 0 aliphatic rings. The standard InChI is InChI=1S/C24H15F5N6O2/c1-10-17(19-18(22(31)36)12-4-2-3-5-16(12)33-20(19)23(32)37)21(24(27,28)29)34-35(10)9-13-14(25)6-11(8-30)7-15(13)26/h2-7H,9H2,1H3,(H2,31,36)(H2,32,37). The van der Waals surface area contributed by atoms with Crippen molar-refractivity contribution in [3.8, 4) is 17.2 Å². The highest BCUT2D eigenvalue weighted by atomic mass is 19.4. The maximum absolute atomic E-state index is 14.5. The lowest BCUT2D eigenvalue weighted by Gasteiger charge is -2.16. The molecule has 4 rings (SSSR count). The van der Waals surface area contributed by atoms with Crippen molar-refractivity contribution in [3.05, 3.63) is 81.8 Å². The number of fused-ring (bicyclic) bond motifs is 1. The van der Waals surface area contributed by atoms with E-state index in [4.69, 9.17) is 16.7 Å². The Morgan fingerprint density at radius 3 is 2.22 bits per heavy atom. The van der Waals surface area contributed by atoms with Gasteiger partial charge in [0.15, 0.2) is 5.69 Å². The second-order valence-electron chi connectivity index (χ2n) is 7.95. The Kier molecular flexibility index (Phi) is 6.12. The van der Waals surface area contributed by atoms with Gasteiger partial charge in [0.05, 0.1) is 29.3 Å². The van der Waals surface area contributed by atoms with Gasteiger partial charge >= 0.3 is 6.18 Å². The van der Waals surface area contributed by atoms with Crippen LogP contribution in [-0.4, -0.2) is 26.6 Å². The normalized spacial score (nSPS) is 11.5. The molecule has 2 heterocycles. The highest BCUT2D eigenvalue weighted by Crippen LogP contribution is 2.42. The first kappa shape index (κ1) is 25.2. The number of nitriles is 1. The summed E-state index contributed by atoms with van der Waals surface area (Å²) >= 11 is 0. The zero-order valence-corrected chi connectivity index (χ0v) is 18.8. The van der Waals surface area contributed by atoms with Gasteiger partial charge in [-0.05, 0) is 25.1 Å². The number of carbonyl (C=O) groups excluding carboxylic acids is 2. The molecule has 2 aromatic heterocycles. The highest BCUT2D eigenvalue weighted by Gasteiger charge is 2.41. The van der Waals surface area contributed by atoms with E-state index in [0.29, 0.717) is 4.68 Å². The smallest absolute Gasteiger partial charge is 0.366 e. The summed E-state index contributed by atoms with van der Waals surface area (Å²) in [7, 11) is 0. The molecule has 0 unspecified atom stereocenters. The molecule has 0 saturated carbocycles. The highest BCUT2D eigenvalue weighted by molar-refractivity contribution is 6.15. The van der Waals surface area contributed by atoms with Crippen LogP contribution in [0.25, 0.3) is 22.0 Å². The summed E-state index contributed by atoms with van der Waals surface area (Å²) in [5, 5.41) is 12.5. The molecule has 4 aromatic rings. The number of rotatable bonds is 5. The van der Waals surface area contributed by atoms with Crippen molar-refractivity contribution in [2.24, 2.45) is 11.5 Å². The Balaban J connectivity index is 2.08. The fourth-order valence-electron chi connectivity index (χ4n) is 4.06. The molecule has 0 saturated heterocycles. The van der Waals surface area contributed by atoms with Crippen molar-refractivity contribution in [1.29, 1.82) is 5.26 Å². The first-order chi connectivity index (χ1) is 17.3. The number of nitrogens with zero attached hydrogens (tertiary/aromatic N) is 4. The van der Waals surface area contributed by atoms with E-state index in [-0.39, 0.29) is 22.2 Å². The second kappa shape index (κ2) is 8.98. The Bertz CT molecular complexity index is 1630. The molecular weight excluding hydrogens is 499 g/mol. The predicted molar refractivity (Wildman–Crippen MR) is 120 cm³/mol. The van der Waals surface area contributed by atoms with Gasteiger partial charge in [-0.15, -0.1) is 0 Å². The summed E-state index contributed by atoms with van der Waals surface area (Å²) in [5.74, 6) is -4.76. The summed E-state index contributed by atoms with van der Waals surface area (Å²) < 4.78 is 72.2. The molecule has 37 heavy (non-hydrogen) atoms. The molecule has 0 fully saturated rings. The molecule has 0 spiro atoms. The summed E-state index contributed by atoms with van der Waals surface area (Å²) in [6.45, 7) is 0.346. The van der Waals surface area contributed by atoms with Gasteiger partial charge in [-0.25, -0.2) is 13.8 Å². The van der Waals surface area contributed by atoms with Crippen LogP contribution in [0.5, 0.6) is 0 Å². The number of benzene rings is 2. The molecular formula is C24H15F5N6O2. The number of hydrogen-bond acceptors (Lipinski definition) is 5. The average molecular weight is 514 g/mol. The summed E-state index contributed by atoms with van der Waals surface area (Å²) in [5.41, 5.74) is 5.73. The summed E-state index contributed by atoms with van der Waals surface area (Å²) in [6.07, 6.45) is -5.14. The largest absolute Gasteiger partial charge is 0.435 e. The zero-order chi connectivity index (χ0) is 27.2. The van der Waals surface area contributed by atoms with Crippen LogP contribution in [-0.2, 0) is 12.7 Å². The van der Waals surface area contributed by atoms with Crippen LogP contribution in [0, 0.1) is 29.9 Å². The molecule has 0 aliphatic carbocycles. The second-order valence-corrected chi connectivity index (χ2v) is 7.95. The quantitative estimate of drug-likeness (QED) is 0.390. The molecule has 2 amide bonds. The number of carbonyl (C=O) groups is 2. The molecule has 0 bridgehead atoms. The Morgan fingerprint density at radius 2 is 1.68 bits per heavy atom. The fourth-order valence-corrected chi connectivity index (χ4v) is 4.06. The molecule has 2 aromatic carbocycles. The zero-order valence-electron chi connectivity index (χ0n) is 18.8. The number of para-hydroxylation sites is 1. The number of halogens is 5. The maximum atomic E-state index is 14.5. The molecule has 4 N–H and O–H groups in total. The van der Waals surface area contributed by atoms with E-state index in [0.717, 1.165) is 19.1 Å². The number of alkyl halides is 3. The van der Waals surface area contributed by atoms with Gasteiger partial charge in [-0.2, -0.15) is 23.5 Å². The minimum atomic E-state index is -5.14. The number of amides is 2. The maximum Gasteiger partial charge on any atom is 0.435 e. The van der Waals surface area contributed by atoms with Crippen molar-refractivity contribution in [1.82, 2.24) is 14.8 Å². The van der Waals surface area contributed by atoms with E-state index in [9.17, 15) is 31.5 Å². The van der Waals surface area contributed by atoms with Crippen LogP contribution in [0.2, 0.25) is 0 Å². The Hall–Kier alpha value is -4.86. The van der Waals surface area contributed by atoms with E-state index >= 15 is 0 Å². The summed E-state index contributed by atoms with van der Waals surface area (Å²) in [4.78, 5) is 28.9. The first-order valence-electron chi connectivity index (χ1n) is 10.4. The van der Waals surface area contributed by atoms with Crippen LogP contribution in [0.4, 0.5) is 22.0 Å². The fraction of sp³-hybridized carbons (Fsp3) is 0.125. The van der Waals surface area contributed by atoms with E-state index < -0.39 is 69.8 Å². The van der Waals surface area contributed by atoms with Crippen molar-refractivity contribution in [3.63, 3.8) is 0 Å². The third-order valence-electron chi connectivity index (χ3n) is 5.68. The van der Waals surface area contributed by atoms with Crippen LogP contribution >= 0.6 is 0 Å². The van der Waals surface area contributed by atoms with Gasteiger partial charge < -0.3 is 11.5 Å². The lowest BCUT2D eigenvalue weighted by Crippen LogP contribution is -2.21. The Morgan fingerprint density at radius 1 is 1.05 bits per heavy atom. The van der Waals surface area contributed by atoms with Gasteiger partial charge in [-0.3, -0.25) is 14.3 Å². The number of primary amides is 2. The van der Waals surface area contributed by atoms with Crippen molar-refractivity contribution >= 4 is 22.7 Å². The third-order valence-corrected chi connectivity index (χ3v) is 5.68. The van der Waals surface area contributed by atoms with Gasteiger partial charge in [0, 0.05) is 27.8 Å². The molecule has 188 valence electrons. The van der Waals surface area contributed by atoms with Gasteiger partial charge in [0.1, 0.15) is 17.3 Å².